The van der Waals surface area contributed by atoms with Crippen LogP contribution in [0.5, 0.6) is 23.0 Å². The number of aromatic amines is 1. The van der Waals surface area contributed by atoms with Crippen molar-refractivity contribution < 1.29 is 32.5 Å². The van der Waals surface area contributed by atoms with Gasteiger partial charge < -0.3 is 29.0 Å². The molecule has 0 bridgehead atoms. The minimum absolute atomic E-state index is 0.0166. The van der Waals surface area contributed by atoms with Crippen molar-refractivity contribution in [3.8, 4) is 23.0 Å². The molecule has 3 heterocycles. The Balaban J connectivity index is 1.50. The molecule has 2 N–H and O–H groups in total. The largest absolute Gasteiger partial charge is 0.486 e. The highest BCUT2D eigenvalue weighted by atomic mass is 32.2. The quantitative estimate of drug-likeness (QED) is 0.547. The molecule has 0 spiro atoms. The van der Waals surface area contributed by atoms with Crippen molar-refractivity contribution in [2.24, 2.45) is 0 Å². The van der Waals surface area contributed by atoms with E-state index < -0.39 is 22.2 Å². The molecule has 2 aromatic carbocycles. The SMILES string of the molecule is O=c1[nH]c2cc3c(cc2cc1CN(CCO)S(=O)(=O)c1ccc2c(c1)OCCO2)OCCO3. The van der Waals surface area contributed by atoms with Crippen LogP contribution in [-0.2, 0) is 16.6 Å². The molecular weight excluding hydrogens is 452 g/mol. The minimum Gasteiger partial charge on any atom is -0.486 e. The van der Waals surface area contributed by atoms with Gasteiger partial charge in [0, 0.05) is 36.2 Å². The maximum Gasteiger partial charge on any atom is 0.252 e. The van der Waals surface area contributed by atoms with E-state index in [1.165, 1.54) is 18.2 Å². The molecule has 0 saturated carbocycles. The Morgan fingerprint density at radius 3 is 2.21 bits per heavy atom. The fourth-order valence-electron chi connectivity index (χ4n) is 3.82. The number of nitrogens with zero attached hydrogens (tertiary/aromatic N) is 1. The summed E-state index contributed by atoms with van der Waals surface area (Å²) in [4.78, 5) is 15.5. The average molecular weight is 474 g/mol. The molecule has 2 aliphatic rings. The summed E-state index contributed by atoms with van der Waals surface area (Å²) in [6, 6.07) is 9.40. The van der Waals surface area contributed by atoms with E-state index in [-0.39, 0.29) is 23.5 Å². The minimum atomic E-state index is -4.04. The number of rotatable bonds is 6. The van der Waals surface area contributed by atoms with Crippen molar-refractivity contribution in [1.29, 1.82) is 0 Å². The Morgan fingerprint density at radius 1 is 0.879 bits per heavy atom. The van der Waals surface area contributed by atoms with E-state index >= 15 is 0 Å². The van der Waals surface area contributed by atoms with Crippen LogP contribution >= 0.6 is 0 Å². The van der Waals surface area contributed by atoms with Gasteiger partial charge in [0.2, 0.25) is 10.0 Å². The standard InChI is InChI=1S/C22H22N2O8S/c25-4-3-24(33(27,28)16-1-2-18-20(11-16)31-6-5-29-18)13-15-9-14-10-19-21(32-8-7-30-19)12-17(14)23-22(15)26/h1-2,9-12,25H,3-8,13H2,(H,23,26). The van der Waals surface area contributed by atoms with E-state index in [0.29, 0.717) is 60.3 Å². The first-order chi connectivity index (χ1) is 16.0. The van der Waals surface area contributed by atoms with E-state index in [2.05, 4.69) is 4.98 Å². The zero-order chi connectivity index (χ0) is 23.0. The van der Waals surface area contributed by atoms with Gasteiger partial charge in [0.25, 0.3) is 5.56 Å². The summed E-state index contributed by atoms with van der Waals surface area (Å²) in [5.41, 5.74) is 0.352. The van der Waals surface area contributed by atoms with Crippen molar-refractivity contribution in [2.45, 2.75) is 11.4 Å². The molecule has 11 heteroatoms. The van der Waals surface area contributed by atoms with Gasteiger partial charge in [-0.2, -0.15) is 4.31 Å². The number of aromatic nitrogens is 1. The Hall–Kier alpha value is -3.28. The zero-order valence-corrected chi connectivity index (χ0v) is 18.4. The Labute approximate surface area is 189 Å². The molecule has 174 valence electrons. The number of hydrogen-bond acceptors (Lipinski definition) is 8. The van der Waals surface area contributed by atoms with Gasteiger partial charge in [-0.1, -0.05) is 0 Å². The lowest BCUT2D eigenvalue weighted by atomic mass is 10.1. The summed E-state index contributed by atoms with van der Waals surface area (Å²) < 4.78 is 49.9. The second-order valence-electron chi connectivity index (χ2n) is 7.57. The number of hydrogen-bond donors (Lipinski definition) is 2. The lowest BCUT2D eigenvalue weighted by Crippen LogP contribution is -2.35. The first kappa shape index (κ1) is 21.6. The van der Waals surface area contributed by atoms with Crippen LogP contribution in [0.15, 0.2) is 46.1 Å². The second-order valence-corrected chi connectivity index (χ2v) is 9.51. The van der Waals surface area contributed by atoms with Crippen LogP contribution in [0.3, 0.4) is 0 Å². The molecule has 33 heavy (non-hydrogen) atoms. The normalized spacial score (nSPS) is 15.1. The van der Waals surface area contributed by atoms with Gasteiger partial charge in [-0.25, -0.2) is 8.42 Å². The van der Waals surface area contributed by atoms with Crippen molar-refractivity contribution in [3.05, 3.63) is 52.3 Å². The number of pyridine rings is 1. The first-order valence-corrected chi connectivity index (χ1v) is 11.9. The van der Waals surface area contributed by atoms with E-state index in [0.717, 1.165) is 4.31 Å². The number of fused-ring (bicyclic) bond motifs is 3. The molecule has 0 saturated heterocycles. The number of sulfonamides is 1. The molecule has 0 atom stereocenters. The molecule has 10 nitrogen and oxygen atoms in total. The number of aliphatic hydroxyl groups excluding tert-OH is 1. The molecule has 0 amide bonds. The summed E-state index contributed by atoms with van der Waals surface area (Å²) in [5, 5.41) is 10.2. The average Bonchev–Trinajstić information content (AvgIpc) is 2.82. The number of nitrogens with one attached hydrogen (secondary N) is 1. The highest BCUT2D eigenvalue weighted by molar-refractivity contribution is 7.89. The lowest BCUT2D eigenvalue weighted by molar-refractivity contribution is 0.171. The Bertz CT molecular complexity index is 1370. The summed E-state index contributed by atoms with van der Waals surface area (Å²) >= 11 is 0. The van der Waals surface area contributed by atoms with E-state index in [1.807, 2.05) is 0 Å². The van der Waals surface area contributed by atoms with Gasteiger partial charge in [-0.05, 0) is 24.3 Å². The molecule has 0 radical (unpaired) electrons. The third-order valence-corrected chi connectivity index (χ3v) is 7.27. The third kappa shape index (κ3) is 4.10. The van der Waals surface area contributed by atoms with Crippen LogP contribution in [0, 0.1) is 0 Å². The molecule has 0 unspecified atom stereocenters. The molecule has 2 aliphatic heterocycles. The highest BCUT2D eigenvalue weighted by Gasteiger charge is 2.27. The van der Waals surface area contributed by atoms with Crippen LogP contribution in [0.25, 0.3) is 10.9 Å². The Kier molecular flexibility index (Phi) is 5.60. The van der Waals surface area contributed by atoms with Gasteiger partial charge in [-0.15, -0.1) is 0 Å². The number of ether oxygens (including phenoxy) is 4. The zero-order valence-electron chi connectivity index (χ0n) is 17.6. The first-order valence-electron chi connectivity index (χ1n) is 10.4. The lowest BCUT2D eigenvalue weighted by Gasteiger charge is -2.23. The summed E-state index contributed by atoms with van der Waals surface area (Å²) in [7, 11) is -4.04. The topological polar surface area (TPSA) is 127 Å². The van der Waals surface area contributed by atoms with Crippen LogP contribution in [0.4, 0.5) is 0 Å². The summed E-state index contributed by atoms with van der Waals surface area (Å²) in [6.45, 7) is 0.741. The molecule has 0 fully saturated rings. The highest BCUT2D eigenvalue weighted by Crippen LogP contribution is 2.35. The van der Waals surface area contributed by atoms with Crippen LogP contribution < -0.4 is 24.5 Å². The van der Waals surface area contributed by atoms with Crippen molar-refractivity contribution >= 4 is 20.9 Å². The molecule has 3 aromatic rings. The Morgan fingerprint density at radius 2 is 1.52 bits per heavy atom. The maximum absolute atomic E-state index is 13.3. The van der Waals surface area contributed by atoms with Gasteiger partial charge in [-0.3, -0.25) is 4.79 Å². The number of H-pyrrole nitrogens is 1. The van der Waals surface area contributed by atoms with E-state index in [4.69, 9.17) is 18.9 Å². The predicted molar refractivity (Wildman–Crippen MR) is 118 cm³/mol. The molecule has 0 aliphatic carbocycles. The number of aliphatic hydroxyl groups is 1. The van der Waals surface area contributed by atoms with Gasteiger partial charge in [0.15, 0.2) is 23.0 Å². The van der Waals surface area contributed by atoms with Crippen LogP contribution in [-0.4, -0.2) is 62.4 Å². The predicted octanol–water partition coefficient (Wildman–Crippen LogP) is 1.25. The van der Waals surface area contributed by atoms with E-state index in [1.54, 1.807) is 18.2 Å². The fraction of sp³-hybridized carbons (Fsp3) is 0.318. The monoisotopic (exact) mass is 474 g/mol. The van der Waals surface area contributed by atoms with Gasteiger partial charge >= 0.3 is 0 Å². The maximum atomic E-state index is 13.3. The number of benzene rings is 2. The van der Waals surface area contributed by atoms with E-state index in [9.17, 15) is 18.3 Å². The molecule has 5 rings (SSSR count). The van der Waals surface area contributed by atoms with Crippen molar-refractivity contribution in [3.63, 3.8) is 0 Å². The molecule has 1 aromatic heterocycles. The van der Waals surface area contributed by atoms with Crippen LogP contribution in [0.1, 0.15) is 5.56 Å². The van der Waals surface area contributed by atoms with Crippen LogP contribution in [0.2, 0.25) is 0 Å². The summed E-state index contributed by atoms with van der Waals surface area (Å²) in [6.07, 6.45) is 0. The van der Waals surface area contributed by atoms with Crippen molar-refractivity contribution in [1.82, 2.24) is 9.29 Å². The molecular formula is C22H22N2O8S. The smallest absolute Gasteiger partial charge is 0.252 e. The third-order valence-electron chi connectivity index (χ3n) is 5.43. The van der Waals surface area contributed by atoms with Crippen molar-refractivity contribution in [2.75, 3.05) is 39.6 Å². The van der Waals surface area contributed by atoms with Gasteiger partial charge in [0.05, 0.1) is 17.0 Å². The van der Waals surface area contributed by atoms with Gasteiger partial charge in [0.1, 0.15) is 26.4 Å². The second kappa shape index (κ2) is 8.58. The fourth-order valence-corrected chi connectivity index (χ4v) is 5.25. The summed E-state index contributed by atoms with van der Waals surface area (Å²) in [5.74, 6) is 1.90.